The van der Waals surface area contributed by atoms with E-state index in [0.717, 1.165) is 22.2 Å². The van der Waals surface area contributed by atoms with Gasteiger partial charge in [-0.3, -0.25) is 0 Å². The van der Waals surface area contributed by atoms with Gasteiger partial charge in [-0.05, 0) is 48.9 Å². The highest BCUT2D eigenvalue weighted by Gasteiger charge is 2.16. The van der Waals surface area contributed by atoms with Crippen molar-refractivity contribution < 1.29 is 13.2 Å². The molecular weight excluding hydrogens is 331 g/mol. The van der Waals surface area contributed by atoms with Crippen LogP contribution in [-0.2, 0) is 6.42 Å². The van der Waals surface area contributed by atoms with Gasteiger partial charge in [-0.2, -0.15) is 0 Å². The molecule has 0 amide bonds. The first-order valence-corrected chi connectivity index (χ1v) is 6.86. The molecule has 20 heavy (non-hydrogen) atoms. The molecule has 0 radical (unpaired) electrons. The van der Waals surface area contributed by atoms with E-state index < -0.39 is 17.5 Å². The highest BCUT2D eigenvalue weighted by atomic mass is 79.9. The zero-order valence-corrected chi connectivity index (χ0v) is 12.3. The van der Waals surface area contributed by atoms with Gasteiger partial charge in [-0.25, -0.2) is 13.2 Å². The lowest BCUT2D eigenvalue weighted by atomic mass is 9.98. The van der Waals surface area contributed by atoms with Crippen molar-refractivity contribution in [1.29, 1.82) is 0 Å². The first-order chi connectivity index (χ1) is 9.51. The highest BCUT2D eigenvalue weighted by Crippen LogP contribution is 2.23. The summed E-state index contributed by atoms with van der Waals surface area (Å²) in [6, 6.07) is 9.40. The fourth-order valence-corrected chi connectivity index (χ4v) is 2.28. The van der Waals surface area contributed by atoms with Crippen LogP contribution < -0.4 is 5.32 Å². The Balaban J connectivity index is 2.26. The van der Waals surface area contributed by atoms with Gasteiger partial charge in [0.2, 0.25) is 0 Å². The minimum Gasteiger partial charge on any atom is -0.313 e. The lowest BCUT2D eigenvalue weighted by molar-refractivity contribution is 0.441. The smallest absolute Gasteiger partial charge is 0.194 e. The molecule has 0 aliphatic heterocycles. The van der Waals surface area contributed by atoms with Crippen molar-refractivity contribution in [1.82, 2.24) is 5.32 Å². The summed E-state index contributed by atoms with van der Waals surface area (Å²) in [6.45, 7) is 0. The molecule has 0 aromatic heterocycles. The second-order valence-electron chi connectivity index (χ2n) is 4.47. The van der Waals surface area contributed by atoms with Crippen LogP contribution in [0.15, 0.2) is 40.9 Å². The molecule has 0 saturated heterocycles. The minimum absolute atomic E-state index is 0.291. The van der Waals surface area contributed by atoms with Crippen molar-refractivity contribution in [2.24, 2.45) is 0 Å². The lowest BCUT2D eigenvalue weighted by Crippen LogP contribution is -2.19. The van der Waals surface area contributed by atoms with Crippen molar-refractivity contribution in [3.63, 3.8) is 0 Å². The SMILES string of the molecule is CNC(Cc1ccc(Br)cc1)c1cc(F)c(F)c(F)c1. The molecule has 1 nitrogen and oxygen atoms in total. The van der Waals surface area contributed by atoms with Crippen molar-refractivity contribution in [3.05, 3.63) is 69.4 Å². The molecular formula is C15H13BrF3N. The molecule has 0 spiro atoms. The summed E-state index contributed by atoms with van der Waals surface area (Å²) in [7, 11) is 1.70. The van der Waals surface area contributed by atoms with Crippen molar-refractivity contribution in [2.45, 2.75) is 12.5 Å². The van der Waals surface area contributed by atoms with Crippen LogP contribution in [0.25, 0.3) is 0 Å². The number of benzene rings is 2. The van der Waals surface area contributed by atoms with E-state index in [-0.39, 0.29) is 6.04 Å². The van der Waals surface area contributed by atoms with E-state index in [0.29, 0.717) is 12.0 Å². The second kappa shape index (κ2) is 6.41. The Kier molecular flexibility index (Phi) is 4.83. The van der Waals surface area contributed by atoms with Crippen LogP contribution in [0.1, 0.15) is 17.2 Å². The summed E-state index contributed by atoms with van der Waals surface area (Å²) in [4.78, 5) is 0. The van der Waals surface area contributed by atoms with E-state index in [9.17, 15) is 13.2 Å². The van der Waals surface area contributed by atoms with Gasteiger partial charge in [0.1, 0.15) is 0 Å². The zero-order chi connectivity index (χ0) is 14.7. The van der Waals surface area contributed by atoms with Crippen molar-refractivity contribution >= 4 is 15.9 Å². The highest BCUT2D eigenvalue weighted by molar-refractivity contribution is 9.10. The Morgan fingerprint density at radius 3 is 2.10 bits per heavy atom. The van der Waals surface area contributed by atoms with Gasteiger partial charge in [-0.15, -0.1) is 0 Å². The summed E-state index contributed by atoms with van der Waals surface area (Å²) in [5, 5.41) is 2.99. The third kappa shape index (κ3) is 3.41. The van der Waals surface area contributed by atoms with Crippen LogP contribution in [-0.4, -0.2) is 7.05 Å². The molecule has 0 aliphatic carbocycles. The maximum atomic E-state index is 13.3. The topological polar surface area (TPSA) is 12.0 Å². The molecule has 2 aromatic carbocycles. The largest absolute Gasteiger partial charge is 0.313 e. The van der Waals surface area contributed by atoms with E-state index in [1.54, 1.807) is 7.05 Å². The third-order valence-electron chi connectivity index (χ3n) is 3.11. The number of likely N-dealkylation sites (N-methyl/N-ethyl adjacent to an activating group) is 1. The quantitative estimate of drug-likeness (QED) is 0.813. The molecule has 1 unspecified atom stereocenters. The average Bonchev–Trinajstić information content (AvgIpc) is 2.43. The summed E-state index contributed by atoms with van der Waals surface area (Å²) < 4.78 is 40.5. The van der Waals surface area contributed by atoms with Crippen LogP contribution in [0.4, 0.5) is 13.2 Å². The molecule has 0 aliphatic rings. The van der Waals surface area contributed by atoms with Gasteiger partial charge in [0.15, 0.2) is 17.5 Å². The zero-order valence-electron chi connectivity index (χ0n) is 10.8. The molecule has 0 fully saturated rings. The number of halogens is 4. The molecule has 1 atom stereocenters. The number of rotatable bonds is 4. The average molecular weight is 344 g/mol. The molecule has 5 heteroatoms. The molecule has 0 saturated carbocycles. The summed E-state index contributed by atoms with van der Waals surface area (Å²) in [6.07, 6.45) is 0.550. The first kappa shape index (κ1) is 15.1. The maximum absolute atomic E-state index is 13.3. The molecule has 2 rings (SSSR count). The van der Waals surface area contributed by atoms with Gasteiger partial charge in [0.25, 0.3) is 0 Å². The second-order valence-corrected chi connectivity index (χ2v) is 5.39. The predicted octanol–water partition coefficient (Wildman–Crippen LogP) is 4.37. The van der Waals surface area contributed by atoms with Crippen LogP contribution in [0, 0.1) is 17.5 Å². The molecule has 2 aromatic rings. The molecule has 1 N–H and O–H groups in total. The van der Waals surface area contributed by atoms with Gasteiger partial charge in [-0.1, -0.05) is 28.1 Å². The number of hydrogen-bond donors (Lipinski definition) is 1. The van der Waals surface area contributed by atoms with Crippen molar-refractivity contribution in [2.75, 3.05) is 7.05 Å². The lowest BCUT2D eigenvalue weighted by Gasteiger charge is -2.17. The number of nitrogens with one attached hydrogen (secondary N) is 1. The third-order valence-corrected chi connectivity index (χ3v) is 3.64. The Bertz CT molecular complexity index is 576. The first-order valence-electron chi connectivity index (χ1n) is 6.07. The molecule has 0 bridgehead atoms. The fourth-order valence-electron chi connectivity index (χ4n) is 2.02. The van der Waals surface area contributed by atoms with E-state index >= 15 is 0 Å². The van der Waals surface area contributed by atoms with Gasteiger partial charge in [0, 0.05) is 10.5 Å². The number of hydrogen-bond acceptors (Lipinski definition) is 1. The van der Waals surface area contributed by atoms with Crippen LogP contribution in [0.2, 0.25) is 0 Å². The van der Waals surface area contributed by atoms with E-state index in [1.165, 1.54) is 0 Å². The van der Waals surface area contributed by atoms with E-state index in [4.69, 9.17) is 0 Å². The van der Waals surface area contributed by atoms with Crippen LogP contribution >= 0.6 is 15.9 Å². The van der Waals surface area contributed by atoms with E-state index in [2.05, 4.69) is 21.2 Å². The Morgan fingerprint density at radius 1 is 1.05 bits per heavy atom. The molecule has 0 heterocycles. The predicted molar refractivity (Wildman–Crippen MR) is 76.0 cm³/mol. The summed E-state index contributed by atoms with van der Waals surface area (Å²) in [5.41, 5.74) is 1.39. The summed E-state index contributed by atoms with van der Waals surface area (Å²) in [5.74, 6) is -3.78. The minimum atomic E-state index is -1.44. The Labute approximate surface area is 123 Å². The monoisotopic (exact) mass is 343 g/mol. The standard InChI is InChI=1S/C15H13BrF3N/c1-20-14(6-9-2-4-11(16)5-3-9)10-7-12(17)15(19)13(18)8-10/h2-5,7-8,14,20H,6H2,1H3. The van der Waals surface area contributed by atoms with Gasteiger partial charge < -0.3 is 5.32 Å². The van der Waals surface area contributed by atoms with Gasteiger partial charge >= 0.3 is 0 Å². The van der Waals surface area contributed by atoms with E-state index in [1.807, 2.05) is 24.3 Å². The Morgan fingerprint density at radius 2 is 1.60 bits per heavy atom. The van der Waals surface area contributed by atoms with Crippen LogP contribution in [0.3, 0.4) is 0 Å². The van der Waals surface area contributed by atoms with Crippen LogP contribution in [0.5, 0.6) is 0 Å². The normalized spacial score (nSPS) is 12.4. The van der Waals surface area contributed by atoms with Gasteiger partial charge in [0.05, 0.1) is 0 Å². The molecule has 106 valence electrons. The summed E-state index contributed by atoms with van der Waals surface area (Å²) >= 11 is 3.34. The maximum Gasteiger partial charge on any atom is 0.194 e. The Hall–Kier alpha value is -1.33. The van der Waals surface area contributed by atoms with Crippen molar-refractivity contribution in [3.8, 4) is 0 Å². The fraction of sp³-hybridized carbons (Fsp3) is 0.200.